The second-order valence-corrected chi connectivity index (χ2v) is 6.82. The molecule has 2 aromatic heterocycles. The first kappa shape index (κ1) is 18.1. The lowest BCUT2D eigenvalue weighted by Crippen LogP contribution is -2.51. The van der Waals surface area contributed by atoms with Crippen LogP contribution in [0.2, 0.25) is 0 Å². The zero-order valence-electron chi connectivity index (χ0n) is 15.5. The van der Waals surface area contributed by atoms with Gasteiger partial charge in [0.15, 0.2) is 11.5 Å². The molecule has 0 spiro atoms. The summed E-state index contributed by atoms with van der Waals surface area (Å²) in [6.45, 7) is 2.08. The summed E-state index contributed by atoms with van der Waals surface area (Å²) in [6, 6.07) is 9.58. The molecule has 1 aromatic carbocycles. The van der Waals surface area contributed by atoms with Gasteiger partial charge < -0.3 is 9.80 Å². The Morgan fingerprint density at radius 3 is 2.54 bits per heavy atom. The highest BCUT2D eigenvalue weighted by Crippen LogP contribution is 2.14. The van der Waals surface area contributed by atoms with Gasteiger partial charge in [0.2, 0.25) is 5.91 Å². The third-order valence-electron chi connectivity index (χ3n) is 5.01. The molecule has 3 aromatic rings. The number of carbonyl (C=O) groups is 1. The van der Waals surface area contributed by atoms with Crippen molar-refractivity contribution in [3.8, 4) is 0 Å². The fourth-order valence-electron chi connectivity index (χ4n) is 3.40. The SMILES string of the molecule is Cn1c(=O)c(N2CCN(C(=O)Cc3ccc(F)cc3)CC2)nc2cccnc21. The van der Waals surface area contributed by atoms with Crippen LogP contribution in [0, 0.1) is 5.82 Å². The second kappa shape index (κ2) is 7.38. The minimum absolute atomic E-state index is 0.00479. The van der Waals surface area contributed by atoms with Gasteiger partial charge in [0.05, 0.1) is 6.42 Å². The van der Waals surface area contributed by atoms with E-state index >= 15 is 0 Å². The Bertz CT molecular complexity index is 1070. The molecule has 1 aliphatic heterocycles. The minimum Gasteiger partial charge on any atom is -0.348 e. The molecule has 0 bridgehead atoms. The third-order valence-corrected chi connectivity index (χ3v) is 5.01. The molecule has 7 nitrogen and oxygen atoms in total. The summed E-state index contributed by atoms with van der Waals surface area (Å²) in [6.07, 6.45) is 1.87. The van der Waals surface area contributed by atoms with Gasteiger partial charge in [-0.25, -0.2) is 14.4 Å². The molecule has 144 valence electrons. The Kier molecular flexibility index (Phi) is 4.77. The average Bonchev–Trinajstić information content (AvgIpc) is 2.72. The number of piperazine rings is 1. The van der Waals surface area contributed by atoms with E-state index in [-0.39, 0.29) is 23.7 Å². The number of rotatable bonds is 3. The molecule has 0 radical (unpaired) electrons. The number of nitrogens with zero attached hydrogens (tertiary/aromatic N) is 5. The maximum atomic E-state index is 13.0. The Morgan fingerprint density at radius 2 is 1.82 bits per heavy atom. The summed E-state index contributed by atoms with van der Waals surface area (Å²) >= 11 is 0. The van der Waals surface area contributed by atoms with Gasteiger partial charge in [-0.3, -0.25) is 14.2 Å². The molecule has 1 saturated heterocycles. The highest BCUT2D eigenvalue weighted by atomic mass is 19.1. The maximum Gasteiger partial charge on any atom is 0.294 e. The van der Waals surface area contributed by atoms with Gasteiger partial charge in [0, 0.05) is 39.4 Å². The molecule has 1 aliphatic rings. The molecule has 28 heavy (non-hydrogen) atoms. The number of hydrogen-bond donors (Lipinski definition) is 0. The van der Waals surface area contributed by atoms with Crippen molar-refractivity contribution >= 4 is 22.9 Å². The highest BCUT2D eigenvalue weighted by molar-refractivity contribution is 5.79. The zero-order chi connectivity index (χ0) is 19.7. The van der Waals surface area contributed by atoms with E-state index in [1.807, 2.05) is 11.0 Å². The first-order chi connectivity index (χ1) is 13.5. The second-order valence-electron chi connectivity index (χ2n) is 6.82. The van der Waals surface area contributed by atoms with Gasteiger partial charge in [0.1, 0.15) is 11.3 Å². The Labute approximate surface area is 161 Å². The average molecular weight is 381 g/mol. The molecule has 8 heteroatoms. The summed E-state index contributed by atoms with van der Waals surface area (Å²) in [5.74, 6) is 0.0629. The summed E-state index contributed by atoms with van der Waals surface area (Å²) in [4.78, 5) is 37.6. The Morgan fingerprint density at radius 1 is 1.11 bits per heavy atom. The monoisotopic (exact) mass is 381 g/mol. The van der Waals surface area contributed by atoms with E-state index in [1.54, 1.807) is 36.3 Å². The number of fused-ring (bicyclic) bond motifs is 1. The van der Waals surface area contributed by atoms with E-state index in [1.165, 1.54) is 16.7 Å². The van der Waals surface area contributed by atoms with Crippen molar-refractivity contribution in [3.05, 3.63) is 64.3 Å². The van der Waals surface area contributed by atoms with E-state index in [0.717, 1.165) is 5.56 Å². The molecule has 0 saturated carbocycles. The highest BCUT2D eigenvalue weighted by Gasteiger charge is 2.24. The van der Waals surface area contributed by atoms with E-state index < -0.39 is 0 Å². The van der Waals surface area contributed by atoms with Gasteiger partial charge in [-0.2, -0.15) is 0 Å². The van der Waals surface area contributed by atoms with Crippen LogP contribution in [0.5, 0.6) is 0 Å². The van der Waals surface area contributed by atoms with E-state index in [2.05, 4.69) is 9.97 Å². The van der Waals surface area contributed by atoms with Crippen LogP contribution in [-0.4, -0.2) is 51.5 Å². The van der Waals surface area contributed by atoms with Crippen molar-refractivity contribution in [3.63, 3.8) is 0 Å². The van der Waals surface area contributed by atoms with Crippen LogP contribution in [0.1, 0.15) is 5.56 Å². The summed E-state index contributed by atoms with van der Waals surface area (Å²) in [5, 5.41) is 0. The van der Waals surface area contributed by atoms with Crippen molar-refractivity contribution in [1.82, 2.24) is 19.4 Å². The molecule has 0 N–H and O–H groups in total. The standard InChI is InChI=1S/C20H20FN5O2/c1-24-18-16(3-2-8-22-18)23-19(20(24)28)26-11-9-25(10-12-26)17(27)13-14-4-6-15(21)7-5-14/h2-8H,9-13H2,1H3. The molecule has 0 atom stereocenters. The van der Waals surface area contributed by atoms with Crippen LogP contribution in [0.3, 0.4) is 0 Å². The van der Waals surface area contributed by atoms with Gasteiger partial charge in [-0.15, -0.1) is 0 Å². The normalized spacial score (nSPS) is 14.5. The molecule has 0 unspecified atom stereocenters. The van der Waals surface area contributed by atoms with E-state index in [0.29, 0.717) is 43.2 Å². The fourth-order valence-corrected chi connectivity index (χ4v) is 3.40. The van der Waals surface area contributed by atoms with Crippen LogP contribution in [0.4, 0.5) is 10.2 Å². The minimum atomic E-state index is -0.315. The van der Waals surface area contributed by atoms with Gasteiger partial charge in [-0.1, -0.05) is 12.1 Å². The van der Waals surface area contributed by atoms with Crippen molar-refractivity contribution in [2.24, 2.45) is 7.05 Å². The van der Waals surface area contributed by atoms with Crippen molar-refractivity contribution < 1.29 is 9.18 Å². The van der Waals surface area contributed by atoms with Gasteiger partial charge in [0.25, 0.3) is 5.56 Å². The molecular weight excluding hydrogens is 361 g/mol. The summed E-state index contributed by atoms with van der Waals surface area (Å²) in [5.41, 5.74) is 1.79. The van der Waals surface area contributed by atoms with Crippen LogP contribution in [0.15, 0.2) is 47.4 Å². The third kappa shape index (κ3) is 3.45. The molecule has 0 aliphatic carbocycles. The number of anilines is 1. The van der Waals surface area contributed by atoms with Crippen molar-refractivity contribution in [2.45, 2.75) is 6.42 Å². The number of carbonyl (C=O) groups excluding carboxylic acids is 1. The van der Waals surface area contributed by atoms with Crippen molar-refractivity contribution in [1.29, 1.82) is 0 Å². The lowest BCUT2D eigenvalue weighted by molar-refractivity contribution is -0.130. The molecule has 4 rings (SSSR count). The molecular formula is C20H20FN5O2. The lowest BCUT2D eigenvalue weighted by atomic mass is 10.1. The predicted octanol–water partition coefficient (Wildman–Crippen LogP) is 1.36. The number of amides is 1. The largest absolute Gasteiger partial charge is 0.348 e. The predicted molar refractivity (Wildman–Crippen MR) is 104 cm³/mol. The number of pyridine rings is 1. The van der Waals surface area contributed by atoms with Crippen LogP contribution in [0.25, 0.3) is 11.2 Å². The van der Waals surface area contributed by atoms with E-state index in [9.17, 15) is 14.0 Å². The summed E-state index contributed by atoms with van der Waals surface area (Å²) < 4.78 is 14.5. The first-order valence-electron chi connectivity index (χ1n) is 9.12. The number of benzene rings is 1. The van der Waals surface area contributed by atoms with Crippen LogP contribution in [-0.2, 0) is 18.3 Å². The van der Waals surface area contributed by atoms with Gasteiger partial charge >= 0.3 is 0 Å². The molecule has 1 fully saturated rings. The topological polar surface area (TPSA) is 71.3 Å². The summed E-state index contributed by atoms with van der Waals surface area (Å²) in [7, 11) is 1.69. The molecule has 1 amide bonds. The number of aromatic nitrogens is 3. The van der Waals surface area contributed by atoms with E-state index in [4.69, 9.17) is 0 Å². The first-order valence-corrected chi connectivity index (χ1v) is 9.12. The quantitative estimate of drug-likeness (QED) is 0.685. The molecule has 3 heterocycles. The van der Waals surface area contributed by atoms with Crippen LogP contribution >= 0.6 is 0 Å². The number of halogens is 1. The number of aryl methyl sites for hydroxylation is 1. The number of hydrogen-bond acceptors (Lipinski definition) is 5. The zero-order valence-corrected chi connectivity index (χ0v) is 15.5. The smallest absolute Gasteiger partial charge is 0.294 e. The Hall–Kier alpha value is -3.29. The van der Waals surface area contributed by atoms with Crippen LogP contribution < -0.4 is 10.5 Å². The lowest BCUT2D eigenvalue weighted by Gasteiger charge is -2.35. The maximum absolute atomic E-state index is 13.0. The Balaban J connectivity index is 1.46. The van der Waals surface area contributed by atoms with Crippen molar-refractivity contribution in [2.75, 3.05) is 31.1 Å². The fraction of sp³-hybridized carbons (Fsp3) is 0.300. The van der Waals surface area contributed by atoms with Gasteiger partial charge in [-0.05, 0) is 29.8 Å².